The molecule has 0 rings (SSSR count). The van der Waals surface area contributed by atoms with E-state index in [1.807, 2.05) is 0 Å². The number of carboxylic acid groups (broad SMARTS) is 1. The predicted octanol–water partition coefficient (Wildman–Crippen LogP) is 0.0423. The second-order valence-corrected chi connectivity index (χ2v) is 3.08. The van der Waals surface area contributed by atoms with Gasteiger partial charge in [0.15, 0.2) is 0 Å². The molecule has 5 nitrogen and oxygen atoms in total. The number of carboxylic acids is 1. The zero-order valence-corrected chi connectivity index (χ0v) is 7.44. The van der Waals surface area contributed by atoms with Gasteiger partial charge in [0.05, 0.1) is 0 Å². The Kier molecular flexibility index (Phi) is 5.61. The van der Waals surface area contributed by atoms with Crippen molar-refractivity contribution in [3.8, 4) is 0 Å². The van der Waals surface area contributed by atoms with Crippen molar-refractivity contribution in [3.05, 3.63) is 0 Å². The van der Waals surface area contributed by atoms with Crippen LogP contribution in [0.2, 0.25) is 0 Å². The molecule has 78 valence electrons. The first-order valence-electron chi connectivity index (χ1n) is 4.31. The predicted molar refractivity (Wildman–Crippen MR) is 44.7 cm³/mol. The first kappa shape index (κ1) is 12.3. The minimum Gasteiger partial charge on any atom is -0.481 e. The fourth-order valence-corrected chi connectivity index (χ4v) is 0.992. The summed E-state index contributed by atoms with van der Waals surface area (Å²) in [5, 5.41) is 33.7. The van der Waals surface area contributed by atoms with E-state index in [0.717, 1.165) is 6.42 Å². The van der Waals surface area contributed by atoms with Crippen molar-refractivity contribution < 1.29 is 25.2 Å². The molecule has 0 bridgehead atoms. The summed E-state index contributed by atoms with van der Waals surface area (Å²) < 4.78 is 0. The van der Waals surface area contributed by atoms with Gasteiger partial charge >= 0.3 is 5.97 Å². The number of unbranched alkanes of at least 4 members (excludes halogenated alkanes) is 3. The lowest BCUT2D eigenvalue weighted by Crippen LogP contribution is -2.26. The maximum atomic E-state index is 10.1. The molecule has 0 aliphatic rings. The van der Waals surface area contributed by atoms with Crippen LogP contribution in [0.5, 0.6) is 0 Å². The topological polar surface area (TPSA) is 98.0 Å². The quantitative estimate of drug-likeness (QED) is 0.337. The number of carbonyl (C=O) groups is 1. The smallest absolute Gasteiger partial charge is 0.303 e. The lowest BCUT2D eigenvalue weighted by molar-refractivity contribution is -0.315. The third-order valence-electron chi connectivity index (χ3n) is 1.65. The summed E-state index contributed by atoms with van der Waals surface area (Å²) in [6.07, 6.45) is 2.52. The lowest BCUT2D eigenvalue weighted by atomic mass is 10.1. The molecule has 0 radical (unpaired) electrons. The largest absolute Gasteiger partial charge is 0.481 e. The van der Waals surface area contributed by atoms with Gasteiger partial charge in [-0.25, -0.2) is 0 Å². The number of hydrogen-bond donors (Lipinski definition) is 4. The van der Waals surface area contributed by atoms with Crippen molar-refractivity contribution in [2.75, 3.05) is 0 Å². The van der Waals surface area contributed by atoms with Gasteiger partial charge in [0.25, 0.3) is 5.97 Å². The molecule has 0 aromatic carbocycles. The first-order chi connectivity index (χ1) is 5.92. The minimum absolute atomic E-state index is 0.0972. The average Bonchev–Trinajstić information content (AvgIpc) is 1.93. The van der Waals surface area contributed by atoms with Crippen LogP contribution in [0.15, 0.2) is 0 Å². The molecule has 0 aliphatic carbocycles. The van der Waals surface area contributed by atoms with Gasteiger partial charge < -0.3 is 20.4 Å². The standard InChI is InChI=1S/C8H16O5/c9-7(10)5-3-1-2-4-6-8(11,12)13/h11-13H,1-6H2,(H,9,10). The Morgan fingerprint density at radius 3 is 2.00 bits per heavy atom. The number of aliphatic hydroxyl groups is 3. The van der Waals surface area contributed by atoms with Crippen LogP contribution in [0.3, 0.4) is 0 Å². The van der Waals surface area contributed by atoms with Gasteiger partial charge in [0.1, 0.15) is 0 Å². The fraction of sp³-hybridized carbons (Fsp3) is 0.875. The molecule has 4 N–H and O–H groups in total. The molecule has 0 aromatic heterocycles. The summed E-state index contributed by atoms with van der Waals surface area (Å²) in [4.78, 5) is 10.1. The molecule has 13 heavy (non-hydrogen) atoms. The summed E-state index contributed by atoms with van der Waals surface area (Å²) in [6, 6.07) is 0. The molecule has 0 amide bonds. The molecule has 5 heteroatoms. The molecule has 0 unspecified atom stereocenters. The molecule has 0 aromatic rings. The van der Waals surface area contributed by atoms with E-state index in [-0.39, 0.29) is 12.8 Å². The fourth-order valence-electron chi connectivity index (χ4n) is 0.992. The first-order valence-corrected chi connectivity index (χ1v) is 4.31. The molecular weight excluding hydrogens is 176 g/mol. The van der Waals surface area contributed by atoms with Crippen LogP contribution in [0.1, 0.15) is 38.5 Å². The summed E-state index contributed by atoms with van der Waals surface area (Å²) >= 11 is 0. The van der Waals surface area contributed by atoms with Crippen molar-refractivity contribution in [1.82, 2.24) is 0 Å². The molecular formula is C8H16O5. The molecule has 0 saturated carbocycles. The molecule has 0 aliphatic heterocycles. The van der Waals surface area contributed by atoms with Crippen molar-refractivity contribution in [3.63, 3.8) is 0 Å². The monoisotopic (exact) mass is 192 g/mol. The highest BCUT2D eigenvalue weighted by molar-refractivity contribution is 5.66. The van der Waals surface area contributed by atoms with Crippen molar-refractivity contribution in [2.45, 2.75) is 44.5 Å². The van der Waals surface area contributed by atoms with Gasteiger partial charge in [-0.3, -0.25) is 4.79 Å². The van der Waals surface area contributed by atoms with E-state index >= 15 is 0 Å². The zero-order valence-electron chi connectivity index (χ0n) is 7.44. The summed E-state index contributed by atoms with van der Waals surface area (Å²) in [7, 11) is 0. The van der Waals surface area contributed by atoms with Crippen LogP contribution in [-0.2, 0) is 4.79 Å². The van der Waals surface area contributed by atoms with Crippen LogP contribution in [0.4, 0.5) is 0 Å². The van der Waals surface area contributed by atoms with E-state index in [9.17, 15) is 4.79 Å². The zero-order chi connectivity index (χ0) is 10.3. The lowest BCUT2D eigenvalue weighted by Gasteiger charge is -2.12. The van der Waals surface area contributed by atoms with E-state index in [1.54, 1.807) is 0 Å². The molecule has 0 atom stereocenters. The van der Waals surface area contributed by atoms with Gasteiger partial charge in [-0.05, 0) is 12.8 Å². The van der Waals surface area contributed by atoms with Crippen LogP contribution in [-0.4, -0.2) is 32.4 Å². The number of hydrogen-bond acceptors (Lipinski definition) is 4. The molecule has 0 heterocycles. The van der Waals surface area contributed by atoms with Crippen LogP contribution < -0.4 is 0 Å². The Bertz CT molecular complexity index is 149. The Morgan fingerprint density at radius 1 is 1.00 bits per heavy atom. The molecule has 0 saturated heterocycles. The Morgan fingerprint density at radius 2 is 1.54 bits per heavy atom. The summed E-state index contributed by atoms with van der Waals surface area (Å²) in [6.45, 7) is 0. The van der Waals surface area contributed by atoms with Crippen LogP contribution in [0.25, 0.3) is 0 Å². The maximum absolute atomic E-state index is 10.1. The second kappa shape index (κ2) is 5.90. The van der Waals surface area contributed by atoms with Gasteiger partial charge in [-0.1, -0.05) is 12.8 Å². The van der Waals surface area contributed by atoms with E-state index in [4.69, 9.17) is 20.4 Å². The van der Waals surface area contributed by atoms with Crippen LogP contribution >= 0.6 is 0 Å². The minimum atomic E-state index is -2.58. The van der Waals surface area contributed by atoms with Gasteiger partial charge in [-0.15, -0.1) is 0 Å². The average molecular weight is 192 g/mol. The van der Waals surface area contributed by atoms with E-state index in [0.29, 0.717) is 19.3 Å². The van der Waals surface area contributed by atoms with E-state index < -0.39 is 11.9 Å². The number of rotatable bonds is 7. The SMILES string of the molecule is O=C(O)CCCCCCC(O)(O)O. The van der Waals surface area contributed by atoms with Gasteiger partial charge in [0, 0.05) is 12.8 Å². The van der Waals surface area contributed by atoms with E-state index in [1.165, 1.54) is 0 Å². The Balaban J connectivity index is 3.13. The highest BCUT2D eigenvalue weighted by Gasteiger charge is 2.16. The summed E-state index contributed by atoms with van der Waals surface area (Å²) in [5.74, 6) is -3.40. The van der Waals surface area contributed by atoms with E-state index in [2.05, 4.69) is 0 Å². The second-order valence-electron chi connectivity index (χ2n) is 3.08. The third-order valence-corrected chi connectivity index (χ3v) is 1.65. The van der Waals surface area contributed by atoms with Crippen molar-refractivity contribution in [2.24, 2.45) is 0 Å². The Labute approximate surface area is 76.6 Å². The van der Waals surface area contributed by atoms with Crippen LogP contribution in [0, 0.1) is 0 Å². The highest BCUT2D eigenvalue weighted by Crippen LogP contribution is 2.10. The molecule has 0 fully saturated rings. The normalized spacial score (nSPS) is 11.6. The highest BCUT2D eigenvalue weighted by atomic mass is 16.7. The van der Waals surface area contributed by atoms with Crippen molar-refractivity contribution in [1.29, 1.82) is 0 Å². The van der Waals surface area contributed by atoms with Crippen molar-refractivity contribution >= 4 is 5.97 Å². The Hall–Kier alpha value is -0.650. The van der Waals surface area contributed by atoms with Gasteiger partial charge in [0.2, 0.25) is 0 Å². The van der Waals surface area contributed by atoms with Gasteiger partial charge in [-0.2, -0.15) is 0 Å². The molecule has 0 spiro atoms. The summed E-state index contributed by atoms with van der Waals surface area (Å²) in [5.41, 5.74) is 0. The third kappa shape index (κ3) is 11.3. The maximum Gasteiger partial charge on any atom is 0.303 e. The number of aliphatic carboxylic acids is 1.